The summed E-state index contributed by atoms with van der Waals surface area (Å²) in [7, 11) is 0. The van der Waals surface area contributed by atoms with Crippen molar-refractivity contribution in [3.63, 3.8) is 0 Å². The predicted octanol–water partition coefficient (Wildman–Crippen LogP) is 13.4. The van der Waals surface area contributed by atoms with E-state index in [1.54, 1.807) is 0 Å². The van der Waals surface area contributed by atoms with Crippen LogP contribution in [-0.2, 0) is 5.41 Å². The van der Waals surface area contributed by atoms with Crippen molar-refractivity contribution in [3.8, 4) is 67.7 Å². The van der Waals surface area contributed by atoms with E-state index in [9.17, 15) is 0 Å². The summed E-state index contributed by atoms with van der Waals surface area (Å²) in [6, 6.07) is 64.5. The van der Waals surface area contributed by atoms with Gasteiger partial charge in [-0.3, -0.25) is 0 Å². The summed E-state index contributed by atoms with van der Waals surface area (Å²) >= 11 is 0. The quantitative estimate of drug-likeness (QED) is 0.178. The fourth-order valence-corrected chi connectivity index (χ4v) is 9.11. The molecule has 0 saturated carbocycles. The molecule has 0 radical (unpaired) electrons. The van der Waals surface area contributed by atoms with Crippen molar-refractivity contribution in [1.29, 1.82) is 0 Å². The topological polar surface area (TPSA) is 35.0 Å². The van der Waals surface area contributed by atoms with Gasteiger partial charge in [-0.15, -0.1) is 0 Å². The molecule has 0 fully saturated rings. The van der Waals surface area contributed by atoms with E-state index in [0.717, 1.165) is 74.7 Å². The fourth-order valence-electron chi connectivity index (χ4n) is 9.11. The van der Waals surface area contributed by atoms with Crippen molar-refractivity contribution in [2.24, 2.45) is 0 Å². The van der Waals surface area contributed by atoms with Crippen LogP contribution in [0.4, 0.5) is 0 Å². The SMILES string of the molecule is C1=CC2=C(CC1)C1(c3ccccc3Oc3cc(-c4ccc(-c5ccc(-c6nc(-c7ccccc7)cc(-c7ccccc7)n6)cc5)cc4)ccc31)c1ccccc12. The maximum atomic E-state index is 6.78. The lowest BCUT2D eigenvalue weighted by Gasteiger charge is -2.41. The molecule has 2 heterocycles. The molecular weight excluding hydrogens is 681 g/mol. The average Bonchev–Trinajstić information content (AvgIpc) is 3.57. The number of benzene rings is 7. The zero-order valence-corrected chi connectivity index (χ0v) is 30.7. The van der Waals surface area contributed by atoms with E-state index in [0.29, 0.717) is 5.82 Å². The monoisotopic (exact) mass is 716 g/mol. The summed E-state index contributed by atoms with van der Waals surface area (Å²) in [6.45, 7) is 0. The molecule has 3 nitrogen and oxygen atoms in total. The third kappa shape index (κ3) is 5.12. The molecule has 3 heteroatoms. The van der Waals surface area contributed by atoms with Gasteiger partial charge in [0.1, 0.15) is 11.5 Å². The molecule has 2 aliphatic carbocycles. The molecular formula is C53H36N2O. The zero-order valence-electron chi connectivity index (χ0n) is 30.7. The molecule has 1 atom stereocenters. The van der Waals surface area contributed by atoms with Gasteiger partial charge in [-0.1, -0.05) is 176 Å². The Balaban J connectivity index is 0.925. The number of rotatable bonds is 5. The minimum atomic E-state index is -0.369. The normalized spacial score (nSPS) is 16.1. The number of allylic oxidation sites excluding steroid dienone is 4. The summed E-state index contributed by atoms with van der Waals surface area (Å²) in [5.74, 6) is 2.56. The molecule has 7 aromatic carbocycles. The van der Waals surface area contributed by atoms with Crippen molar-refractivity contribution in [2.45, 2.75) is 18.3 Å². The number of hydrogen-bond donors (Lipinski definition) is 0. The van der Waals surface area contributed by atoms with Crippen LogP contribution >= 0.6 is 0 Å². The minimum Gasteiger partial charge on any atom is -0.457 e. The van der Waals surface area contributed by atoms with E-state index in [1.165, 1.54) is 33.4 Å². The lowest BCUT2D eigenvalue weighted by atomic mass is 9.64. The number of ether oxygens (including phenoxy) is 1. The second-order valence-electron chi connectivity index (χ2n) is 14.8. The molecule has 1 unspecified atom stereocenters. The Labute approximate surface area is 327 Å². The van der Waals surface area contributed by atoms with E-state index in [4.69, 9.17) is 14.7 Å². The first kappa shape index (κ1) is 32.3. The Morgan fingerprint density at radius 3 is 1.64 bits per heavy atom. The maximum absolute atomic E-state index is 6.78. The van der Waals surface area contributed by atoms with Gasteiger partial charge >= 0.3 is 0 Å². The van der Waals surface area contributed by atoms with Crippen LogP contribution in [-0.4, -0.2) is 9.97 Å². The summed E-state index contributed by atoms with van der Waals surface area (Å²) in [4.78, 5) is 10.0. The van der Waals surface area contributed by atoms with Crippen LogP contribution in [0.1, 0.15) is 35.1 Å². The molecule has 1 spiro atoms. The van der Waals surface area contributed by atoms with Crippen LogP contribution < -0.4 is 4.74 Å². The largest absolute Gasteiger partial charge is 0.457 e. The highest BCUT2D eigenvalue weighted by atomic mass is 16.5. The van der Waals surface area contributed by atoms with Crippen LogP contribution in [0.2, 0.25) is 0 Å². The van der Waals surface area contributed by atoms with Crippen molar-refractivity contribution >= 4 is 5.57 Å². The van der Waals surface area contributed by atoms with Gasteiger partial charge in [0.15, 0.2) is 5.82 Å². The molecule has 1 aromatic heterocycles. The average molecular weight is 717 g/mol. The van der Waals surface area contributed by atoms with Gasteiger partial charge in [0.05, 0.1) is 16.8 Å². The smallest absolute Gasteiger partial charge is 0.160 e. The summed E-state index contributed by atoms with van der Waals surface area (Å²) in [5.41, 5.74) is 17.1. The molecule has 56 heavy (non-hydrogen) atoms. The number of fused-ring (bicyclic) bond motifs is 8. The Morgan fingerprint density at radius 1 is 0.429 bits per heavy atom. The van der Waals surface area contributed by atoms with Gasteiger partial charge in [0, 0.05) is 27.8 Å². The van der Waals surface area contributed by atoms with Crippen LogP contribution in [0, 0.1) is 0 Å². The highest BCUT2D eigenvalue weighted by Gasteiger charge is 2.51. The molecule has 1 aliphatic heterocycles. The third-order valence-electron chi connectivity index (χ3n) is 11.7. The fraction of sp³-hybridized carbons (Fsp3) is 0.0566. The molecule has 11 rings (SSSR count). The van der Waals surface area contributed by atoms with E-state index >= 15 is 0 Å². The standard InChI is InChI=1S/C53H36N2O/c1-3-13-38(14-4-1)48-34-49(39-15-5-2-6-16-39)55-52(54-48)40-29-27-36(28-30-40)35-23-25-37(26-24-35)41-31-32-47-51(33-41)56-50-22-12-11-21-46(50)53(47)44-19-9-7-17-42(44)43-18-8-10-20-45(43)53/h1-9,11-19,21-34H,10,20H2. The van der Waals surface area contributed by atoms with E-state index in [-0.39, 0.29) is 5.41 Å². The van der Waals surface area contributed by atoms with Crippen LogP contribution in [0.5, 0.6) is 11.5 Å². The second kappa shape index (κ2) is 13.0. The van der Waals surface area contributed by atoms with Gasteiger partial charge in [0.25, 0.3) is 0 Å². The molecule has 8 aromatic rings. The minimum absolute atomic E-state index is 0.369. The molecule has 0 amide bonds. The van der Waals surface area contributed by atoms with Gasteiger partial charge in [0.2, 0.25) is 0 Å². The number of nitrogens with zero attached hydrogens (tertiary/aromatic N) is 2. The maximum Gasteiger partial charge on any atom is 0.160 e. The number of para-hydroxylation sites is 1. The Morgan fingerprint density at radius 2 is 0.964 bits per heavy atom. The summed E-state index contributed by atoms with van der Waals surface area (Å²) in [5, 5.41) is 0. The highest BCUT2D eigenvalue weighted by Crippen LogP contribution is 2.63. The summed E-state index contributed by atoms with van der Waals surface area (Å²) < 4.78 is 6.78. The Kier molecular flexibility index (Phi) is 7.53. The Bertz CT molecular complexity index is 2800. The van der Waals surface area contributed by atoms with Gasteiger partial charge in [-0.2, -0.15) is 0 Å². The molecule has 0 bridgehead atoms. The molecule has 0 saturated heterocycles. The van der Waals surface area contributed by atoms with Crippen molar-refractivity contribution in [2.75, 3.05) is 0 Å². The van der Waals surface area contributed by atoms with E-state index in [2.05, 4.69) is 158 Å². The van der Waals surface area contributed by atoms with Crippen LogP contribution in [0.3, 0.4) is 0 Å². The molecule has 3 aliphatic rings. The van der Waals surface area contributed by atoms with Gasteiger partial charge in [-0.05, 0) is 75.6 Å². The van der Waals surface area contributed by atoms with E-state index < -0.39 is 0 Å². The molecule has 0 N–H and O–H groups in total. The van der Waals surface area contributed by atoms with Crippen LogP contribution in [0.25, 0.3) is 61.7 Å². The van der Waals surface area contributed by atoms with E-state index in [1.807, 2.05) is 36.4 Å². The van der Waals surface area contributed by atoms with Crippen molar-refractivity contribution in [3.05, 3.63) is 222 Å². The zero-order chi connectivity index (χ0) is 37.1. The predicted molar refractivity (Wildman–Crippen MR) is 227 cm³/mol. The second-order valence-corrected chi connectivity index (χ2v) is 14.8. The summed E-state index contributed by atoms with van der Waals surface area (Å²) in [6.07, 6.45) is 6.74. The van der Waals surface area contributed by atoms with Crippen LogP contribution in [0.15, 0.2) is 200 Å². The first-order chi connectivity index (χ1) is 27.7. The third-order valence-corrected chi connectivity index (χ3v) is 11.7. The number of aromatic nitrogens is 2. The Hall–Kier alpha value is -7.10. The first-order valence-electron chi connectivity index (χ1n) is 19.4. The first-order valence-corrected chi connectivity index (χ1v) is 19.4. The lowest BCUT2D eigenvalue weighted by molar-refractivity contribution is 0.432. The van der Waals surface area contributed by atoms with Crippen molar-refractivity contribution in [1.82, 2.24) is 9.97 Å². The van der Waals surface area contributed by atoms with Crippen molar-refractivity contribution < 1.29 is 4.74 Å². The highest BCUT2D eigenvalue weighted by molar-refractivity contribution is 5.92. The van der Waals surface area contributed by atoms with Gasteiger partial charge in [-0.25, -0.2) is 9.97 Å². The lowest BCUT2D eigenvalue weighted by Crippen LogP contribution is -2.33. The van der Waals surface area contributed by atoms with Gasteiger partial charge < -0.3 is 4.74 Å². The number of hydrogen-bond acceptors (Lipinski definition) is 3. The molecule has 264 valence electrons.